The average Bonchev–Trinajstić information content (AvgIpc) is 2.16. The van der Waals surface area contributed by atoms with Crippen LogP contribution in [0.2, 0.25) is 0 Å². The molecule has 1 N–H and O–H groups in total. The number of anilines is 1. The van der Waals surface area contributed by atoms with Gasteiger partial charge in [-0.25, -0.2) is 0 Å². The maximum absolute atomic E-state index is 10.6. The van der Waals surface area contributed by atoms with E-state index in [0.29, 0.717) is 5.69 Å². The molecule has 0 bridgehead atoms. The normalized spacial score (nSPS) is 8.59. The molecule has 1 amide bonds. The van der Waals surface area contributed by atoms with E-state index in [1.807, 2.05) is 0 Å². The van der Waals surface area contributed by atoms with Crippen LogP contribution in [0.4, 0.5) is 5.69 Å². The molecule has 0 aliphatic carbocycles. The Labute approximate surface area is 97.9 Å². The first-order valence-electron chi connectivity index (χ1n) is 4.59. The first kappa shape index (κ1) is 14.6. The van der Waals surface area contributed by atoms with E-state index in [9.17, 15) is 14.7 Å². The summed E-state index contributed by atoms with van der Waals surface area (Å²) in [5.74, 6) is -2.58. The van der Waals surface area contributed by atoms with Crippen molar-refractivity contribution in [1.29, 1.82) is 0 Å². The zero-order valence-corrected chi connectivity index (χ0v) is 9.35. The molecule has 0 unspecified atom stereocenters. The number of nitrogens with one attached hydrogen (secondary N) is 1. The first-order valence-corrected chi connectivity index (χ1v) is 4.59. The van der Waals surface area contributed by atoms with Crippen LogP contribution in [0.3, 0.4) is 0 Å². The fourth-order valence-corrected chi connectivity index (χ4v) is 0.927. The minimum atomic E-state index is -1.26. The van der Waals surface area contributed by atoms with E-state index < -0.39 is 11.9 Å². The predicted molar refractivity (Wildman–Crippen MR) is 55.8 cm³/mol. The van der Waals surface area contributed by atoms with Crippen LogP contribution in [0.15, 0.2) is 24.3 Å². The van der Waals surface area contributed by atoms with Gasteiger partial charge in [0.1, 0.15) is 0 Å². The third kappa shape index (κ3) is 7.55. The number of rotatable bonds is 2. The highest BCUT2D eigenvalue weighted by atomic mass is 16.4. The summed E-state index contributed by atoms with van der Waals surface area (Å²) in [6, 6.07) is 5.89. The Hall–Kier alpha value is -2.37. The number of amides is 1. The van der Waals surface area contributed by atoms with Crippen LogP contribution in [0.25, 0.3) is 0 Å². The van der Waals surface area contributed by atoms with E-state index in [1.165, 1.54) is 25.1 Å². The minimum absolute atomic E-state index is 0.0475. The molecule has 0 saturated heterocycles. The van der Waals surface area contributed by atoms with Gasteiger partial charge in [-0.15, -0.1) is 0 Å². The summed E-state index contributed by atoms with van der Waals surface area (Å²) >= 11 is 0. The van der Waals surface area contributed by atoms with E-state index in [1.54, 1.807) is 6.07 Å². The monoisotopic (exact) mass is 237 g/mol. The Balaban J connectivity index is 0.000000557. The second-order valence-corrected chi connectivity index (χ2v) is 3.04. The summed E-state index contributed by atoms with van der Waals surface area (Å²) in [4.78, 5) is 29.9. The van der Waals surface area contributed by atoms with Gasteiger partial charge in [-0.3, -0.25) is 4.79 Å². The summed E-state index contributed by atoms with van der Waals surface area (Å²) in [5.41, 5.74) is 0.500. The molecule has 0 fully saturated rings. The Morgan fingerprint density at radius 2 is 1.65 bits per heavy atom. The molecule has 1 aromatic rings. The summed E-state index contributed by atoms with van der Waals surface area (Å²) in [5, 5.41) is 21.8. The molecule has 0 spiro atoms. The topological polar surface area (TPSA) is 109 Å². The number of carboxylic acid groups (broad SMARTS) is 2. The van der Waals surface area contributed by atoms with E-state index in [4.69, 9.17) is 9.90 Å². The lowest BCUT2D eigenvalue weighted by atomic mass is 10.2. The number of hydrogen-bond acceptors (Lipinski definition) is 5. The van der Waals surface area contributed by atoms with Gasteiger partial charge in [-0.1, -0.05) is 12.1 Å². The molecule has 0 atom stereocenters. The van der Waals surface area contributed by atoms with Gasteiger partial charge in [0, 0.05) is 18.6 Å². The Bertz CT molecular complexity index is 424. The van der Waals surface area contributed by atoms with Crippen LogP contribution in [0.1, 0.15) is 24.2 Å². The lowest BCUT2D eigenvalue weighted by Crippen LogP contribution is -2.22. The lowest BCUT2D eigenvalue weighted by Gasteiger charge is -2.05. The third-order valence-corrected chi connectivity index (χ3v) is 1.42. The number of benzene rings is 1. The molecule has 0 aliphatic heterocycles. The van der Waals surface area contributed by atoms with Gasteiger partial charge in [-0.05, 0) is 24.6 Å². The number of aromatic carboxylic acids is 1. The first-order chi connectivity index (χ1) is 7.82. The number of aliphatic carboxylic acids is 1. The van der Waals surface area contributed by atoms with Gasteiger partial charge in [-0.2, -0.15) is 0 Å². The second-order valence-electron chi connectivity index (χ2n) is 3.04. The predicted octanol–water partition coefficient (Wildman–Crippen LogP) is -1.24. The highest BCUT2D eigenvalue weighted by Gasteiger charge is 1.97. The van der Waals surface area contributed by atoms with Crippen LogP contribution in [-0.4, -0.2) is 17.8 Å². The second kappa shape index (κ2) is 7.00. The van der Waals surface area contributed by atoms with Crippen molar-refractivity contribution in [3.05, 3.63) is 29.8 Å². The summed E-state index contributed by atoms with van der Waals surface area (Å²) < 4.78 is 0. The van der Waals surface area contributed by atoms with E-state index >= 15 is 0 Å². The average molecular weight is 237 g/mol. The van der Waals surface area contributed by atoms with E-state index in [2.05, 4.69) is 5.32 Å². The van der Waals surface area contributed by atoms with E-state index in [0.717, 1.165) is 6.92 Å². The van der Waals surface area contributed by atoms with Gasteiger partial charge in [0.15, 0.2) is 0 Å². The number of carbonyl (C=O) groups is 3. The SMILES string of the molecule is CC(=O)Nc1cccc(C(=O)[O-])c1.CC(=O)[O-]. The van der Waals surface area contributed by atoms with Gasteiger partial charge in [0.05, 0.1) is 5.97 Å². The molecule has 0 aromatic heterocycles. The van der Waals surface area contributed by atoms with Crippen molar-refractivity contribution in [2.45, 2.75) is 13.8 Å². The molecule has 92 valence electrons. The highest BCUT2D eigenvalue weighted by molar-refractivity contribution is 5.92. The third-order valence-electron chi connectivity index (χ3n) is 1.42. The fraction of sp³-hybridized carbons (Fsp3) is 0.182. The Morgan fingerprint density at radius 1 is 1.12 bits per heavy atom. The standard InChI is InChI=1S/C9H9NO3.C2H4O2/c1-6(11)10-8-4-2-3-7(5-8)9(12)13;1-2(3)4/h2-5H,1H3,(H,10,11)(H,12,13);1H3,(H,3,4)/p-2. The molecule has 1 aromatic carbocycles. The van der Waals surface area contributed by atoms with Crippen molar-refractivity contribution in [3.8, 4) is 0 Å². The molecule has 17 heavy (non-hydrogen) atoms. The molecule has 6 heteroatoms. The summed E-state index contributed by atoms with van der Waals surface area (Å²) in [6.45, 7) is 2.33. The minimum Gasteiger partial charge on any atom is -0.550 e. The molecule has 0 aliphatic rings. The molecule has 0 saturated carbocycles. The maximum atomic E-state index is 10.6. The number of hydrogen-bond donors (Lipinski definition) is 1. The quantitative estimate of drug-likeness (QED) is 0.692. The van der Waals surface area contributed by atoms with Crippen LogP contribution in [-0.2, 0) is 9.59 Å². The van der Waals surface area contributed by atoms with Crippen LogP contribution in [0.5, 0.6) is 0 Å². The molecule has 6 nitrogen and oxygen atoms in total. The van der Waals surface area contributed by atoms with E-state index in [-0.39, 0.29) is 11.5 Å². The fourth-order valence-electron chi connectivity index (χ4n) is 0.927. The van der Waals surface area contributed by atoms with Gasteiger partial charge >= 0.3 is 0 Å². The largest absolute Gasteiger partial charge is 0.550 e. The smallest absolute Gasteiger partial charge is 0.221 e. The van der Waals surface area contributed by atoms with Crippen LogP contribution < -0.4 is 15.5 Å². The van der Waals surface area contributed by atoms with Gasteiger partial charge in [0.25, 0.3) is 0 Å². The zero-order chi connectivity index (χ0) is 13.4. The van der Waals surface area contributed by atoms with Gasteiger partial charge in [0.2, 0.25) is 5.91 Å². The molecule has 0 radical (unpaired) electrons. The Kier molecular flexibility index (Phi) is 6.02. The van der Waals surface area contributed by atoms with Crippen molar-refractivity contribution < 1.29 is 24.6 Å². The highest BCUT2D eigenvalue weighted by Crippen LogP contribution is 2.09. The van der Waals surface area contributed by atoms with Crippen molar-refractivity contribution in [1.82, 2.24) is 0 Å². The van der Waals surface area contributed by atoms with Crippen molar-refractivity contribution in [2.75, 3.05) is 5.32 Å². The Morgan fingerprint density at radius 3 is 2.06 bits per heavy atom. The molecule has 0 heterocycles. The molecular weight excluding hydrogens is 226 g/mol. The summed E-state index contributed by atoms with van der Waals surface area (Å²) in [6.07, 6.45) is 0. The maximum Gasteiger partial charge on any atom is 0.221 e. The van der Waals surface area contributed by atoms with Crippen molar-refractivity contribution >= 4 is 23.5 Å². The van der Waals surface area contributed by atoms with Crippen molar-refractivity contribution in [2.24, 2.45) is 0 Å². The van der Waals surface area contributed by atoms with Crippen LogP contribution >= 0.6 is 0 Å². The summed E-state index contributed by atoms with van der Waals surface area (Å²) in [7, 11) is 0. The number of carboxylic acids is 2. The van der Waals surface area contributed by atoms with Crippen molar-refractivity contribution in [3.63, 3.8) is 0 Å². The number of carbonyl (C=O) groups excluding carboxylic acids is 3. The lowest BCUT2D eigenvalue weighted by molar-refractivity contribution is -0.302. The zero-order valence-electron chi connectivity index (χ0n) is 9.35. The molecular formula is C11H11NO5-2. The van der Waals surface area contributed by atoms with Gasteiger partial charge < -0.3 is 25.1 Å². The molecule has 1 rings (SSSR count). The van der Waals surface area contributed by atoms with Crippen LogP contribution in [0, 0.1) is 0 Å².